The van der Waals surface area contributed by atoms with E-state index in [9.17, 15) is 14.0 Å². The van der Waals surface area contributed by atoms with Gasteiger partial charge in [-0.15, -0.1) is 0 Å². The van der Waals surface area contributed by atoms with Gasteiger partial charge in [0.1, 0.15) is 5.82 Å². The molecular formula is C16H20FNO3. The maximum Gasteiger partial charge on any atom is 0.299 e. The monoisotopic (exact) mass is 293 g/mol. The molecule has 114 valence electrons. The molecule has 0 spiro atoms. The third-order valence-electron chi connectivity index (χ3n) is 3.46. The topological polar surface area (TPSA) is 46.6 Å². The fourth-order valence-corrected chi connectivity index (χ4v) is 2.31. The van der Waals surface area contributed by atoms with Gasteiger partial charge >= 0.3 is 0 Å². The first-order valence-corrected chi connectivity index (χ1v) is 7.16. The molecule has 0 radical (unpaired) electrons. The van der Waals surface area contributed by atoms with E-state index in [1.807, 2.05) is 0 Å². The zero-order valence-electron chi connectivity index (χ0n) is 12.6. The van der Waals surface area contributed by atoms with E-state index in [0.29, 0.717) is 24.7 Å². The standard InChI is InChI=1S/C16H20FNO3/c1-10(2)4-6-21-7-5-18-14-12(15(19)16(18)20)8-11(3)9-13(14)17/h8-10H,4-7H2,1-3H3. The number of carbonyl (C=O) groups is 2. The summed E-state index contributed by atoms with van der Waals surface area (Å²) < 4.78 is 19.5. The zero-order valence-corrected chi connectivity index (χ0v) is 12.6. The number of carbonyl (C=O) groups excluding carboxylic acids is 2. The summed E-state index contributed by atoms with van der Waals surface area (Å²) in [6.07, 6.45) is 0.928. The van der Waals surface area contributed by atoms with Crippen molar-refractivity contribution in [3.05, 3.63) is 29.1 Å². The van der Waals surface area contributed by atoms with Crippen molar-refractivity contribution >= 4 is 17.4 Å². The molecule has 2 rings (SSSR count). The highest BCUT2D eigenvalue weighted by Gasteiger charge is 2.37. The summed E-state index contributed by atoms with van der Waals surface area (Å²) in [5, 5.41) is 0. The lowest BCUT2D eigenvalue weighted by atomic mass is 10.1. The van der Waals surface area contributed by atoms with Gasteiger partial charge < -0.3 is 4.74 Å². The van der Waals surface area contributed by atoms with Gasteiger partial charge in [-0.05, 0) is 37.0 Å². The molecule has 0 atom stereocenters. The van der Waals surface area contributed by atoms with E-state index in [-0.39, 0.29) is 17.8 Å². The number of halogens is 1. The molecule has 0 fully saturated rings. The van der Waals surface area contributed by atoms with Gasteiger partial charge in [-0.2, -0.15) is 0 Å². The number of aryl methyl sites for hydroxylation is 1. The number of ketones is 1. The average Bonchev–Trinajstić information content (AvgIpc) is 2.63. The molecule has 1 aromatic carbocycles. The largest absolute Gasteiger partial charge is 0.380 e. The van der Waals surface area contributed by atoms with Crippen LogP contribution >= 0.6 is 0 Å². The second-order valence-corrected chi connectivity index (χ2v) is 5.72. The Balaban J connectivity index is 2.05. The molecular weight excluding hydrogens is 273 g/mol. The smallest absolute Gasteiger partial charge is 0.299 e. The van der Waals surface area contributed by atoms with Crippen LogP contribution in [0.15, 0.2) is 12.1 Å². The Hall–Kier alpha value is -1.75. The van der Waals surface area contributed by atoms with Crippen molar-refractivity contribution < 1.29 is 18.7 Å². The molecule has 0 saturated heterocycles. The summed E-state index contributed by atoms with van der Waals surface area (Å²) in [4.78, 5) is 25.0. The van der Waals surface area contributed by atoms with E-state index in [2.05, 4.69) is 13.8 Å². The van der Waals surface area contributed by atoms with E-state index in [0.717, 1.165) is 6.42 Å². The van der Waals surface area contributed by atoms with Gasteiger partial charge in [0.05, 0.1) is 17.9 Å². The Morgan fingerprint density at radius 1 is 1.24 bits per heavy atom. The number of benzene rings is 1. The highest BCUT2D eigenvalue weighted by Crippen LogP contribution is 2.32. The van der Waals surface area contributed by atoms with Gasteiger partial charge in [-0.1, -0.05) is 13.8 Å². The molecule has 0 aliphatic carbocycles. The number of hydrogen-bond acceptors (Lipinski definition) is 3. The van der Waals surface area contributed by atoms with Gasteiger partial charge in [-0.3, -0.25) is 14.5 Å². The van der Waals surface area contributed by atoms with Gasteiger partial charge in [0.15, 0.2) is 0 Å². The van der Waals surface area contributed by atoms with Gasteiger partial charge in [0.25, 0.3) is 11.7 Å². The van der Waals surface area contributed by atoms with E-state index >= 15 is 0 Å². The van der Waals surface area contributed by atoms with Crippen LogP contribution in [0, 0.1) is 18.7 Å². The zero-order chi connectivity index (χ0) is 15.6. The van der Waals surface area contributed by atoms with Crippen LogP contribution in [0.2, 0.25) is 0 Å². The third-order valence-corrected chi connectivity index (χ3v) is 3.46. The van der Waals surface area contributed by atoms with Gasteiger partial charge in [-0.25, -0.2) is 4.39 Å². The molecule has 5 heteroatoms. The quantitative estimate of drug-likeness (QED) is 0.598. The molecule has 1 aliphatic rings. The van der Waals surface area contributed by atoms with Crippen LogP contribution in [0.3, 0.4) is 0 Å². The number of ether oxygens (including phenoxy) is 1. The molecule has 0 aromatic heterocycles. The van der Waals surface area contributed by atoms with Crippen LogP contribution < -0.4 is 4.90 Å². The van der Waals surface area contributed by atoms with Crippen LogP contribution in [0.1, 0.15) is 36.2 Å². The number of anilines is 1. The molecule has 0 unspecified atom stereocenters. The fourth-order valence-electron chi connectivity index (χ4n) is 2.31. The van der Waals surface area contributed by atoms with Crippen molar-refractivity contribution in [1.82, 2.24) is 0 Å². The predicted octanol–water partition coefficient (Wildman–Crippen LogP) is 2.73. The molecule has 0 bridgehead atoms. The summed E-state index contributed by atoms with van der Waals surface area (Å²) in [6, 6.07) is 2.88. The lowest BCUT2D eigenvalue weighted by Gasteiger charge is -2.17. The lowest BCUT2D eigenvalue weighted by molar-refractivity contribution is -0.114. The number of rotatable bonds is 6. The Kier molecular flexibility index (Phi) is 4.73. The minimum atomic E-state index is -0.679. The Morgan fingerprint density at radius 3 is 2.62 bits per heavy atom. The Morgan fingerprint density at radius 2 is 1.95 bits per heavy atom. The normalized spacial score (nSPS) is 14.2. The predicted molar refractivity (Wildman–Crippen MR) is 78.1 cm³/mol. The second kappa shape index (κ2) is 6.35. The van der Waals surface area contributed by atoms with Crippen molar-refractivity contribution in [2.75, 3.05) is 24.7 Å². The summed E-state index contributed by atoms with van der Waals surface area (Å²) in [5.74, 6) is -1.32. The molecule has 1 amide bonds. The highest BCUT2D eigenvalue weighted by molar-refractivity contribution is 6.52. The summed E-state index contributed by atoms with van der Waals surface area (Å²) in [6.45, 7) is 6.96. The van der Waals surface area contributed by atoms with Crippen LogP contribution in [0.5, 0.6) is 0 Å². The number of hydrogen-bond donors (Lipinski definition) is 0. The molecule has 1 aromatic rings. The molecule has 4 nitrogen and oxygen atoms in total. The highest BCUT2D eigenvalue weighted by atomic mass is 19.1. The first kappa shape index (κ1) is 15.6. The number of Topliss-reactive ketones (excluding diaryl/α,β-unsaturated/α-hetero) is 1. The number of nitrogens with zero attached hydrogens (tertiary/aromatic N) is 1. The number of fused-ring (bicyclic) bond motifs is 1. The third kappa shape index (κ3) is 3.29. The number of amides is 1. The van der Waals surface area contributed by atoms with Gasteiger partial charge in [0, 0.05) is 13.2 Å². The second-order valence-electron chi connectivity index (χ2n) is 5.72. The molecule has 0 saturated carbocycles. The van der Waals surface area contributed by atoms with Crippen LogP contribution in [-0.4, -0.2) is 31.4 Å². The van der Waals surface area contributed by atoms with Crippen molar-refractivity contribution in [2.24, 2.45) is 5.92 Å². The van der Waals surface area contributed by atoms with Crippen LogP contribution in [0.25, 0.3) is 0 Å². The lowest BCUT2D eigenvalue weighted by Crippen LogP contribution is -2.33. The van der Waals surface area contributed by atoms with E-state index in [1.54, 1.807) is 13.0 Å². The van der Waals surface area contributed by atoms with E-state index in [4.69, 9.17) is 4.74 Å². The molecule has 1 heterocycles. The molecule has 21 heavy (non-hydrogen) atoms. The SMILES string of the molecule is Cc1cc(F)c2c(c1)C(=O)C(=O)N2CCOCCC(C)C. The summed E-state index contributed by atoms with van der Waals surface area (Å²) in [5.41, 5.74) is 0.866. The van der Waals surface area contributed by atoms with Crippen molar-refractivity contribution in [3.8, 4) is 0 Å². The van der Waals surface area contributed by atoms with Crippen LogP contribution in [0.4, 0.5) is 10.1 Å². The fraction of sp³-hybridized carbons (Fsp3) is 0.500. The van der Waals surface area contributed by atoms with Gasteiger partial charge in [0.2, 0.25) is 0 Å². The average molecular weight is 293 g/mol. The summed E-state index contributed by atoms with van der Waals surface area (Å²) in [7, 11) is 0. The minimum absolute atomic E-state index is 0.0862. The maximum atomic E-state index is 14.0. The first-order chi connectivity index (χ1) is 9.91. The van der Waals surface area contributed by atoms with Crippen molar-refractivity contribution in [2.45, 2.75) is 27.2 Å². The van der Waals surface area contributed by atoms with Crippen molar-refractivity contribution in [3.63, 3.8) is 0 Å². The van der Waals surface area contributed by atoms with E-state index < -0.39 is 17.5 Å². The summed E-state index contributed by atoms with van der Waals surface area (Å²) >= 11 is 0. The first-order valence-electron chi connectivity index (χ1n) is 7.16. The maximum absolute atomic E-state index is 14.0. The van der Waals surface area contributed by atoms with E-state index in [1.165, 1.54) is 11.0 Å². The molecule has 1 aliphatic heterocycles. The Bertz CT molecular complexity index is 569. The minimum Gasteiger partial charge on any atom is -0.380 e. The molecule has 0 N–H and O–H groups in total. The Labute approximate surface area is 123 Å². The van der Waals surface area contributed by atoms with Crippen molar-refractivity contribution in [1.29, 1.82) is 0 Å². The van der Waals surface area contributed by atoms with Crippen LogP contribution in [-0.2, 0) is 9.53 Å².